The van der Waals surface area contributed by atoms with E-state index in [0.717, 1.165) is 0 Å². The first-order valence-corrected chi connectivity index (χ1v) is 5.29. The molecule has 0 bridgehead atoms. The molecule has 1 unspecified atom stereocenters. The third-order valence-corrected chi connectivity index (χ3v) is 2.18. The van der Waals surface area contributed by atoms with Crippen LogP contribution in [0.2, 0.25) is 0 Å². The first-order chi connectivity index (χ1) is 9.35. The van der Waals surface area contributed by atoms with E-state index in [1.165, 1.54) is 7.11 Å². The van der Waals surface area contributed by atoms with Crippen molar-refractivity contribution in [3.05, 3.63) is 29.6 Å². The number of carbonyl (C=O) groups excluding carboxylic acids is 1. The van der Waals surface area contributed by atoms with Gasteiger partial charge in [-0.3, -0.25) is 0 Å². The van der Waals surface area contributed by atoms with Gasteiger partial charge in [-0.25, -0.2) is 22.8 Å². The maximum absolute atomic E-state index is 12.9. The van der Waals surface area contributed by atoms with Crippen molar-refractivity contribution in [2.24, 2.45) is 0 Å². The molecule has 0 aromatic heterocycles. The predicted octanol–water partition coefficient (Wildman–Crippen LogP) is 1.32. The number of carboxylic acids is 1. The molecule has 0 aliphatic rings. The SMILES string of the molecule is COCC(NC(=O)Nc1cc(F)c(F)c(F)c1)C(=O)O. The van der Waals surface area contributed by atoms with Crippen molar-refractivity contribution in [1.82, 2.24) is 5.32 Å². The van der Waals surface area contributed by atoms with Gasteiger partial charge >= 0.3 is 12.0 Å². The molecule has 0 radical (unpaired) electrons. The van der Waals surface area contributed by atoms with Gasteiger partial charge in [0.25, 0.3) is 0 Å². The zero-order valence-electron chi connectivity index (χ0n) is 10.2. The molecule has 0 aliphatic carbocycles. The fraction of sp³-hybridized carbons (Fsp3) is 0.273. The van der Waals surface area contributed by atoms with Crippen molar-refractivity contribution in [1.29, 1.82) is 0 Å². The highest BCUT2D eigenvalue weighted by Crippen LogP contribution is 2.17. The van der Waals surface area contributed by atoms with Crippen molar-refractivity contribution in [2.45, 2.75) is 6.04 Å². The van der Waals surface area contributed by atoms with Crippen molar-refractivity contribution >= 4 is 17.7 Å². The van der Waals surface area contributed by atoms with E-state index in [0.29, 0.717) is 12.1 Å². The molecule has 0 saturated carbocycles. The molecule has 0 saturated heterocycles. The summed E-state index contributed by atoms with van der Waals surface area (Å²) in [6.07, 6.45) is 0. The maximum atomic E-state index is 12.9. The van der Waals surface area contributed by atoms with E-state index in [2.05, 4.69) is 4.74 Å². The molecule has 1 atom stereocenters. The number of halogens is 3. The van der Waals surface area contributed by atoms with Crippen LogP contribution in [0.15, 0.2) is 12.1 Å². The second-order valence-corrected chi connectivity index (χ2v) is 3.70. The van der Waals surface area contributed by atoms with Crippen LogP contribution in [-0.2, 0) is 9.53 Å². The fourth-order valence-corrected chi connectivity index (χ4v) is 1.29. The highest BCUT2D eigenvalue weighted by molar-refractivity contribution is 5.92. The molecular weight excluding hydrogens is 281 g/mol. The largest absolute Gasteiger partial charge is 0.480 e. The average Bonchev–Trinajstić information content (AvgIpc) is 2.35. The Hall–Kier alpha value is -2.29. The summed E-state index contributed by atoms with van der Waals surface area (Å²) >= 11 is 0. The Morgan fingerprint density at radius 1 is 1.30 bits per heavy atom. The van der Waals surface area contributed by atoms with Gasteiger partial charge in [-0.15, -0.1) is 0 Å². The van der Waals surface area contributed by atoms with Crippen molar-refractivity contribution < 1.29 is 32.6 Å². The van der Waals surface area contributed by atoms with Crippen LogP contribution in [0.3, 0.4) is 0 Å². The van der Waals surface area contributed by atoms with Crippen LogP contribution in [-0.4, -0.2) is 36.9 Å². The van der Waals surface area contributed by atoms with Gasteiger partial charge in [-0.05, 0) is 0 Å². The number of methoxy groups -OCH3 is 1. The summed E-state index contributed by atoms with van der Waals surface area (Å²) in [5, 5.41) is 12.7. The Labute approximate surface area is 111 Å². The molecule has 0 fully saturated rings. The second kappa shape index (κ2) is 6.75. The van der Waals surface area contributed by atoms with Crippen LogP contribution >= 0.6 is 0 Å². The summed E-state index contributed by atoms with van der Waals surface area (Å²) in [4.78, 5) is 22.2. The van der Waals surface area contributed by atoms with Crippen molar-refractivity contribution in [2.75, 3.05) is 19.0 Å². The molecule has 1 aromatic rings. The smallest absolute Gasteiger partial charge is 0.328 e. The van der Waals surface area contributed by atoms with E-state index in [1.807, 2.05) is 10.6 Å². The molecule has 0 aliphatic heterocycles. The molecule has 0 heterocycles. The van der Waals surface area contributed by atoms with Gasteiger partial charge in [0.15, 0.2) is 23.5 Å². The third-order valence-electron chi connectivity index (χ3n) is 2.18. The Bertz CT molecular complexity index is 501. The Morgan fingerprint density at radius 3 is 2.30 bits per heavy atom. The number of benzene rings is 1. The van der Waals surface area contributed by atoms with E-state index >= 15 is 0 Å². The lowest BCUT2D eigenvalue weighted by molar-refractivity contribution is -0.140. The summed E-state index contributed by atoms with van der Waals surface area (Å²) in [6, 6.07) is -1.25. The van der Waals surface area contributed by atoms with Gasteiger partial charge in [0.2, 0.25) is 0 Å². The molecular formula is C11H11F3N2O4. The maximum Gasteiger partial charge on any atom is 0.328 e. The number of urea groups is 1. The Balaban J connectivity index is 2.73. The summed E-state index contributed by atoms with van der Waals surface area (Å²) in [7, 11) is 1.24. The van der Waals surface area contributed by atoms with E-state index in [1.54, 1.807) is 0 Å². The molecule has 9 heteroatoms. The Kier molecular flexibility index (Phi) is 5.32. The molecule has 20 heavy (non-hydrogen) atoms. The number of hydrogen-bond donors (Lipinski definition) is 3. The predicted molar refractivity (Wildman–Crippen MR) is 61.8 cm³/mol. The van der Waals surface area contributed by atoms with Gasteiger partial charge in [0.1, 0.15) is 0 Å². The standard InChI is InChI=1S/C11H11F3N2O4/c1-20-4-8(10(17)18)16-11(19)15-5-2-6(12)9(14)7(13)3-5/h2-3,8H,4H2,1H3,(H,17,18)(H2,15,16,19). The van der Waals surface area contributed by atoms with Crippen molar-refractivity contribution in [3.8, 4) is 0 Å². The zero-order chi connectivity index (χ0) is 15.3. The molecule has 110 valence electrons. The van der Waals surface area contributed by atoms with Crippen LogP contribution in [0.1, 0.15) is 0 Å². The van der Waals surface area contributed by atoms with Gasteiger partial charge in [-0.1, -0.05) is 0 Å². The lowest BCUT2D eigenvalue weighted by Gasteiger charge is -2.14. The minimum atomic E-state index is -1.67. The zero-order valence-corrected chi connectivity index (χ0v) is 10.2. The first kappa shape index (κ1) is 15.8. The number of carbonyl (C=O) groups is 2. The summed E-state index contributed by atoms with van der Waals surface area (Å²) in [5.74, 6) is -5.98. The van der Waals surface area contributed by atoms with Gasteiger partial charge in [0, 0.05) is 24.9 Å². The van der Waals surface area contributed by atoms with E-state index in [9.17, 15) is 22.8 Å². The molecule has 3 N–H and O–H groups in total. The highest BCUT2D eigenvalue weighted by atomic mass is 19.2. The molecule has 1 aromatic carbocycles. The number of anilines is 1. The topological polar surface area (TPSA) is 87.7 Å². The first-order valence-electron chi connectivity index (χ1n) is 5.29. The number of aliphatic carboxylic acids is 1. The number of rotatable bonds is 5. The van der Waals surface area contributed by atoms with Gasteiger partial charge < -0.3 is 20.5 Å². The summed E-state index contributed by atoms with van der Waals surface area (Å²) in [6.45, 7) is -0.297. The third kappa shape index (κ3) is 4.12. The lowest BCUT2D eigenvalue weighted by atomic mass is 10.3. The fourth-order valence-electron chi connectivity index (χ4n) is 1.29. The number of hydrogen-bond acceptors (Lipinski definition) is 3. The van der Waals surface area contributed by atoms with Gasteiger partial charge in [0.05, 0.1) is 6.61 Å². The quantitative estimate of drug-likeness (QED) is 0.714. The normalized spacial score (nSPS) is 11.8. The average molecular weight is 292 g/mol. The van der Waals surface area contributed by atoms with E-state index in [-0.39, 0.29) is 12.3 Å². The lowest BCUT2D eigenvalue weighted by Crippen LogP contribution is -2.45. The molecule has 6 nitrogen and oxygen atoms in total. The minimum Gasteiger partial charge on any atom is -0.480 e. The Morgan fingerprint density at radius 2 is 1.85 bits per heavy atom. The van der Waals surface area contributed by atoms with E-state index in [4.69, 9.17) is 5.11 Å². The molecule has 0 spiro atoms. The monoisotopic (exact) mass is 292 g/mol. The molecule has 1 rings (SSSR count). The minimum absolute atomic E-state index is 0.297. The second-order valence-electron chi connectivity index (χ2n) is 3.70. The number of amides is 2. The van der Waals surface area contributed by atoms with Crippen LogP contribution in [0, 0.1) is 17.5 Å². The highest BCUT2D eigenvalue weighted by Gasteiger charge is 2.20. The molecule has 2 amide bonds. The van der Waals surface area contributed by atoms with Crippen LogP contribution < -0.4 is 10.6 Å². The van der Waals surface area contributed by atoms with Crippen LogP contribution in [0.4, 0.5) is 23.7 Å². The van der Waals surface area contributed by atoms with Gasteiger partial charge in [-0.2, -0.15) is 0 Å². The van der Waals surface area contributed by atoms with Crippen LogP contribution in [0.25, 0.3) is 0 Å². The number of nitrogens with one attached hydrogen (secondary N) is 2. The number of ether oxygens (including phenoxy) is 1. The number of carboxylic acid groups (broad SMARTS) is 1. The summed E-state index contributed by atoms with van der Waals surface area (Å²) < 4.78 is 43.1. The summed E-state index contributed by atoms with van der Waals surface area (Å²) in [5.41, 5.74) is -0.361. The van der Waals surface area contributed by atoms with Crippen molar-refractivity contribution in [3.63, 3.8) is 0 Å². The van der Waals surface area contributed by atoms with Crippen LogP contribution in [0.5, 0.6) is 0 Å². The van der Waals surface area contributed by atoms with E-state index < -0.39 is 35.5 Å².